The normalized spacial score (nSPS) is 15.9. The number of hydrogen-bond acceptors (Lipinski definition) is 4. The van der Waals surface area contributed by atoms with Crippen molar-refractivity contribution < 1.29 is 9.47 Å². The lowest BCUT2D eigenvalue weighted by Crippen LogP contribution is -2.07. The summed E-state index contributed by atoms with van der Waals surface area (Å²) in [5.74, 6) is 1.06. The topological polar surface area (TPSA) is 30.8 Å². The summed E-state index contributed by atoms with van der Waals surface area (Å²) in [6.07, 6.45) is 2.32. The van der Waals surface area contributed by atoms with Gasteiger partial charge < -0.3 is 9.47 Å². The fourth-order valence-electron chi connectivity index (χ4n) is 0.939. The number of unbranched alkanes of at least 4 members (excludes halogenated alkanes) is 1. The van der Waals surface area contributed by atoms with Gasteiger partial charge in [0.15, 0.2) is 0 Å². The number of nitrogens with zero attached hydrogens (tertiary/aromatic N) is 1. The summed E-state index contributed by atoms with van der Waals surface area (Å²) in [6.45, 7) is 5.22. The maximum Gasteiger partial charge on any atom is 0.245 e. The van der Waals surface area contributed by atoms with E-state index in [2.05, 4.69) is 11.9 Å². The average molecular weight is 203 g/mol. The Morgan fingerprint density at radius 1 is 1.38 bits per heavy atom. The summed E-state index contributed by atoms with van der Waals surface area (Å²) in [5, 5.41) is 0.832. The fourth-order valence-corrected chi connectivity index (χ4v) is 1.65. The Morgan fingerprint density at radius 2 is 2.31 bits per heavy atom. The molecule has 0 aromatic rings. The first-order chi connectivity index (χ1) is 6.43. The predicted octanol–water partition coefficient (Wildman–Crippen LogP) is 1.92. The van der Waals surface area contributed by atoms with E-state index in [4.69, 9.17) is 9.47 Å². The molecule has 13 heavy (non-hydrogen) atoms. The molecular formula is C9H17NO2S. The molecule has 0 N–H and O–H groups in total. The zero-order chi connectivity index (χ0) is 9.36. The van der Waals surface area contributed by atoms with E-state index < -0.39 is 0 Å². The monoisotopic (exact) mass is 203 g/mol. The second kappa shape index (κ2) is 7.21. The van der Waals surface area contributed by atoms with Crippen LogP contribution in [0.3, 0.4) is 0 Å². The van der Waals surface area contributed by atoms with Crippen molar-refractivity contribution in [2.75, 3.05) is 32.1 Å². The van der Waals surface area contributed by atoms with Crippen molar-refractivity contribution in [2.24, 2.45) is 4.99 Å². The van der Waals surface area contributed by atoms with E-state index in [-0.39, 0.29) is 0 Å². The quantitative estimate of drug-likeness (QED) is 0.618. The van der Waals surface area contributed by atoms with Crippen LogP contribution in [0.5, 0.6) is 0 Å². The molecule has 0 fully saturated rings. The summed E-state index contributed by atoms with van der Waals surface area (Å²) in [5.41, 5.74) is 0. The van der Waals surface area contributed by atoms with Crippen molar-refractivity contribution in [2.45, 2.75) is 19.8 Å². The number of ether oxygens (including phenoxy) is 2. The number of hydrogen-bond donors (Lipinski definition) is 0. The lowest BCUT2D eigenvalue weighted by molar-refractivity contribution is 0.0960. The summed E-state index contributed by atoms with van der Waals surface area (Å²) < 4.78 is 10.7. The van der Waals surface area contributed by atoms with Crippen LogP contribution < -0.4 is 0 Å². The first-order valence-corrected chi connectivity index (χ1v) is 5.80. The SMILES string of the molecule is CCCCOCCOC1=NCCS1. The molecule has 0 bridgehead atoms. The van der Waals surface area contributed by atoms with Gasteiger partial charge in [-0.3, -0.25) is 0 Å². The Labute approximate surface area is 83.9 Å². The molecule has 0 saturated heterocycles. The van der Waals surface area contributed by atoms with Crippen LogP contribution in [0.15, 0.2) is 4.99 Å². The molecule has 1 heterocycles. The molecule has 0 amide bonds. The molecule has 0 aromatic carbocycles. The number of thioether (sulfide) groups is 1. The Bertz CT molecular complexity index is 162. The second-order valence-corrected chi connectivity index (χ2v) is 3.86. The van der Waals surface area contributed by atoms with Gasteiger partial charge in [-0.1, -0.05) is 25.1 Å². The molecule has 0 spiro atoms. The van der Waals surface area contributed by atoms with Gasteiger partial charge in [-0.15, -0.1) is 0 Å². The van der Waals surface area contributed by atoms with E-state index >= 15 is 0 Å². The van der Waals surface area contributed by atoms with E-state index in [0.29, 0.717) is 13.2 Å². The average Bonchev–Trinajstić information content (AvgIpc) is 2.63. The highest BCUT2D eigenvalue weighted by Crippen LogP contribution is 2.11. The smallest absolute Gasteiger partial charge is 0.245 e. The summed E-state index contributed by atoms with van der Waals surface area (Å²) in [7, 11) is 0. The zero-order valence-electron chi connectivity index (χ0n) is 8.12. The molecule has 1 aliphatic rings. The minimum absolute atomic E-state index is 0.634. The van der Waals surface area contributed by atoms with Crippen LogP contribution in [-0.2, 0) is 9.47 Å². The van der Waals surface area contributed by atoms with Crippen molar-refractivity contribution in [3.05, 3.63) is 0 Å². The molecule has 0 unspecified atom stereocenters. The first-order valence-electron chi connectivity index (χ1n) is 4.81. The Balaban J connectivity index is 1.83. The van der Waals surface area contributed by atoms with Crippen LogP contribution >= 0.6 is 11.8 Å². The number of aliphatic imine (C=N–C) groups is 1. The van der Waals surface area contributed by atoms with Gasteiger partial charge in [0, 0.05) is 12.4 Å². The Hall–Kier alpha value is -0.220. The summed E-state index contributed by atoms with van der Waals surface area (Å²) >= 11 is 1.68. The highest BCUT2D eigenvalue weighted by molar-refractivity contribution is 8.13. The van der Waals surface area contributed by atoms with E-state index in [1.165, 1.54) is 6.42 Å². The highest BCUT2D eigenvalue weighted by Gasteiger charge is 2.06. The molecule has 0 saturated carbocycles. The Kier molecular flexibility index (Phi) is 6.02. The van der Waals surface area contributed by atoms with Gasteiger partial charge in [-0.05, 0) is 6.42 Å². The lowest BCUT2D eigenvalue weighted by Gasteiger charge is -2.05. The molecular weight excluding hydrogens is 186 g/mol. The van der Waals surface area contributed by atoms with Gasteiger partial charge in [0.25, 0.3) is 0 Å². The minimum atomic E-state index is 0.634. The fraction of sp³-hybridized carbons (Fsp3) is 0.889. The van der Waals surface area contributed by atoms with Crippen molar-refractivity contribution in [3.8, 4) is 0 Å². The molecule has 0 aromatic heterocycles. The Morgan fingerprint density at radius 3 is 3.00 bits per heavy atom. The van der Waals surface area contributed by atoms with Gasteiger partial charge in [-0.2, -0.15) is 0 Å². The summed E-state index contributed by atoms with van der Waals surface area (Å²) in [6, 6.07) is 0. The lowest BCUT2D eigenvalue weighted by atomic mass is 10.4. The third-order valence-electron chi connectivity index (χ3n) is 1.65. The molecule has 1 rings (SSSR count). The maximum absolute atomic E-state index is 5.37. The van der Waals surface area contributed by atoms with Gasteiger partial charge in [-0.25, -0.2) is 4.99 Å². The summed E-state index contributed by atoms with van der Waals surface area (Å²) in [4.78, 5) is 4.17. The van der Waals surface area contributed by atoms with Crippen LogP contribution in [-0.4, -0.2) is 37.3 Å². The predicted molar refractivity (Wildman–Crippen MR) is 56.4 cm³/mol. The van der Waals surface area contributed by atoms with E-state index in [1.807, 2.05) is 0 Å². The van der Waals surface area contributed by atoms with Gasteiger partial charge in [0.05, 0.1) is 13.2 Å². The molecule has 4 heteroatoms. The molecule has 0 aliphatic carbocycles. The maximum atomic E-state index is 5.37. The molecule has 1 aliphatic heterocycles. The first kappa shape index (κ1) is 10.9. The highest BCUT2D eigenvalue weighted by atomic mass is 32.2. The van der Waals surface area contributed by atoms with Crippen molar-refractivity contribution in [1.82, 2.24) is 0 Å². The van der Waals surface area contributed by atoms with Gasteiger partial charge in [0.2, 0.25) is 5.23 Å². The second-order valence-electron chi connectivity index (χ2n) is 2.81. The van der Waals surface area contributed by atoms with Crippen LogP contribution in [0.2, 0.25) is 0 Å². The van der Waals surface area contributed by atoms with Gasteiger partial charge in [0.1, 0.15) is 6.61 Å². The standard InChI is InChI=1S/C9H17NO2S/c1-2-3-5-11-6-7-12-9-10-4-8-13-9/h2-8H2,1H3. The van der Waals surface area contributed by atoms with E-state index in [0.717, 1.165) is 30.6 Å². The molecule has 0 radical (unpaired) electrons. The van der Waals surface area contributed by atoms with Crippen LogP contribution in [0.1, 0.15) is 19.8 Å². The van der Waals surface area contributed by atoms with E-state index in [1.54, 1.807) is 11.8 Å². The largest absolute Gasteiger partial charge is 0.471 e. The third kappa shape index (κ3) is 5.16. The minimum Gasteiger partial charge on any atom is -0.471 e. The number of rotatable bonds is 6. The van der Waals surface area contributed by atoms with Crippen LogP contribution in [0.25, 0.3) is 0 Å². The zero-order valence-corrected chi connectivity index (χ0v) is 8.94. The van der Waals surface area contributed by atoms with Crippen molar-refractivity contribution >= 4 is 17.0 Å². The van der Waals surface area contributed by atoms with Crippen molar-refractivity contribution in [1.29, 1.82) is 0 Å². The molecule has 3 nitrogen and oxygen atoms in total. The van der Waals surface area contributed by atoms with Crippen LogP contribution in [0.4, 0.5) is 0 Å². The molecule has 0 atom stereocenters. The van der Waals surface area contributed by atoms with Crippen LogP contribution in [0, 0.1) is 0 Å². The third-order valence-corrected chi connectivity index (χ3v) is 2.53. The van der Waals surface area contributed by atoms with Gasteiger partial charge >= 0.3 is 0 Å². The molecule has 76 valence electrons. The van der Waals surface area contributed by atoms with Crippen molar-refractivity contribution in [3.63, 3.8) is 0 Å². The van der Waals surface area contributed by atoms with E-state index in [9.17, 15) is 0 Å².